The Kier molecular flexibility index (Phi) is 6.10. The first kappa shape index (κ1) is 17.8. The minimum atomic E-state index is -1.10. The van der Waals surface area contributed by atoms with Gasteiger partial charge in [-0.2, -0.15) is 0 Å². The lowest BCUT2D eigenvalue weighted by Gasteiger charge is -2.17. The van der Waals surface area contributed by atoms with Crippen molar-refractivity contribution in [3.05, 3.63) is 33.8 Å². The number of rotatable bonds is 5. The number of nitrogens with one attached hydrogen (secondary N) is 1. The van der Waals surface area contributed by atoms with E-state index in [2.05, 4.69) is 21.2 Å². The normalized spacial score (nSPS) is 12.8. The van der Waals surface area contributed by atoms with Crippen LogP contribution in [0.2, 0.25) is 0 Å². The maximum atomic E-state index is 12.0. The van der Waals surface area contributed by atoms with E-state index in [1.165, 1.54) is 12.1 Å². The van der Waals surface area contributed by atoms with Gasteiger partial charge in [-0.1, -0.05) is 15.9 Å². The van der Waals surface area contributed by atoms with Crippen LogP contribution < -0.4 is 5.32 Å². The summed E-state index contributed by atoms with van der Waals surface area (Å²) in [5, 5.41) is 11.6. The number of carbonyl (C=O) groups is 2. The number of carbonyl (C=O) groups excluding carboxylic acids is 1. The Balaban J connectivity index is 2.69. The van der Waals surface area contributed by atoms with E-state index < -0.39 is 16.8 Å². The Hall–Kier alpha value is -1.21. The minimum absolute atomic E-state index is 0.0350. The molecule has 0 heterocycles. The van der Waals surface area contributed by atoms with E-state index in [1.54, 1.807) is 6.07 Å². The van der Waals surface area contributed by atoms with Gasteiger partial charge in [-0.3, -0.25) is 9.00 Å². The summed E-state index contributed by atoms with van der Waals surface area (Å²) >= 11 is 3.18. The number of halogens is 1. The van der Waals surface area contributed by atoms with E-state index >= 15 is 0 Å². The quantitative estimate of drug-likeness (QED) is 0.827. The molecule has 0 spiro atoms. The topological polar surface area (TPSA) is 83.5 Å². The molecule has 0 radical (unpaired) electrons. The average molecular weight is 376 g/mol. The number of amides is 1. The van der Waals surface area contributed by atoms with Crippen molar-refractivity contribution in [3.8, 4) is 0 Å². The van der Waals surface area contributed by atoms with Crippen molar-refractivity contribution in [2.45, 2.75) is 25.5 Å². The van der Waals surface area contributed by atoms with Crippen LogP contribution in [-0.2, 0) is 10.8 Å². The second-order valence-electron chi connectivity index (χ2n) is 5.45. The zero-order chi connectivity index (χ0) is 16.2. The van der Waals surface area contributed by atoms with Gasteiger partial charge in [-0.25, -0.2) is 4.79 Å². The van der Waals surface area contributed by atoms with Gasteiger partial charge in [-0.15, -0.1) is 0 Å². The van der Waals surface area contributed by atoms with Crippen LogP contribution in [0, 0.1) is 0 Å². The van der Waals surface area contributed by atoms with Crippen LogP contribution in [0.4, 0.5) is 0 Å². The Bertz CT molecular complexity index is 581. The number of hydrogen-bond donors (Lipinski definition) is 2. The Morgan fingerprint density at radius 2 is 1.81 bits per heavy atom. The largest absolute Gasteiger partial charge is 0.478 e. The van der Waals surface area contributed by atoms with Gasteiger partial charge in [0.2, 0.25) is 0 Å². The van der Waals surface area contributed by atoms with E-state index in [0.29, 0.717) is 10.2 Å². The van der Waals surface area contributed by atoms with E-state index in [4.69, 9.17) is 5.11 Å². The third-order valence-electron chi connectivity index (χ3n) is 2.66. The van der Waals surface area contributed by atoms with Crippen LogP contribution >= 0.6 is 15.9 Å². The Labute approximate surface area is 134 Å². The van der Waals surface area contributed by atoms with Crippen molar-refractivity contribution < 1.29 is 18.9 Å². The number of benzene rings is 1. The molecule has 1 aromatic rings. The predicted molar refractivity (Wildman–Crippen MR) is 86.2 cm³/mol. The van der Waals surface area contributed by atoms with Gasteiger partial charge in [0.05, 0.1) is 5.56 Å². The molecule has 0 aliphatic carbocycles. The summed E-state index contributed by atoms with van der Waals surface area (Å²) < 4.78 is 12.1. The molecule has 0 aromatic heterocycles. The lowest BCUT2D eigenvalue weighted by Crippen LogP contribution is -2.32. The Morgan fingerprint density at radius 1 is 1.24 bits per heavy atom. The highest BCUT2D eigenvalue weighted by Crippen LogP contribution is 2.16. The zero-order valence-electron chi connectivity index (χ0n) is 12.1. The van der Waals surface area contributed by atoms with Crippen molar-refractivity contribution in [1.82, 2.24) is 5.32 Å². The van der Waals surface area contributed by atoms with Crippen molar-refractivity contribution in [1.29, 1.82) is 0 Å². The summed E-state index contributed by atoms with van der Waals surface area (Å²) in [5.74, 6) is -1.13. The maximum absolute atomic E-state index is 12.0. The van der Waals surface area contributed by atoms with Gasteiger partial charge in [0.25, 0.3) is 5.91 Å². The van der Waals surface area contributed by atoms with E-state index in [9.17, 15) is 13.8 Å². The second kappa shape index (κ2) is 7.17. The molecule has 5 nitrogen and oxygen atoms in total. The highest BCUT2D eigenvalue weighted by molar-refractivity contribution is 9.10. The first-order valence-electron chi connectivity index (χ1n) is 6.32. The molecule has 0 saturated heterocycles. The van der Waals surface area contributed by atoms with Crippen molar-refractivity contribution in [2.75, 3.05) is 12.3 Å². The van der Waals surface area contributed by atoms with Gasteiger partial charge in [0, 0.05) is 37.9 Å². The van der Waals surface area contributed by atoms with Crippen LogP contribution in [0.5, 0.6) is 0 Å². The fourth-order valence-electron chi connectivity index (χ4n) is 1.51. The molecular weight excluding hydrogens is 358 g/mol. The number of carboxylic acid groups (broad SMARTS) is 1. The minimum Gasteiger partial charge on any atom is -0.478 e. The third kappa shape index (κ3) is 5.59. The number of carboxylic acids is 1. The maximum Gasteiger partial charge on any atom is 0.335 e. The first-order chi connectivity index (χ1) is 9.61. The van der Waals surface area contributed by atoms with Crippen molar-refractivity contribution >= 4 is 38.6 Å². The summed E-state index contributed by atoms with van der Waals surface area (Å²) in [6.45, 7) is 5.90. The average Bonchev–Trinajstić information content (AvgIpc) is 2.36. The lowest BCUT2D eigenvalue weighted by atomic mass is 10.1. The van der Waals surface area contributed by atoms with Gasteiger partial charge in [0.1, 0.15) is 0 Å². The molecule has 116 valence electrons. The molecule has 0 bridgehead atoms. The van der Waals surface area contributed by atoms with Crippen molar-refractivity contribution in [3.63, 3.8) is 0 Å². The van der Waals surface area contributed by atoms with Gasteiger partial charge in [-0.05, 0) is 39.0 Å². The van der Waals surface area contributed by atoms with E-state index in [-0.39, 0.29) is 28.3 Å². The van der Waals surface area contributed by atoms with Crippen LogP contribution in [-0.4, -0.2) is 38.2 Å². The molecule has 0 aliphatic rings. The molecule has 1 aromatic carbocycles. The van der Waals surface area contributed by atoms with Crippen molar-refractivity contribution in [2.24, 2.45) is 0 Å². The van der Waals surface area contributed by atoms with Gasteiger partial charge < -0.3 is 10.4 Å². The van der Waals surface area contributed by atoms with Crippen LogP contribution in [0.1, 0.15) is 41.5 Å². The standard InChI is InChI=1S/C14H18BrNO4S/c1-14(2,3)21(20)5-4-16-12(17)9-6-10(13(18)19)8-11(15)7-9/h6-8H,4-5H2,1-3H3,(H,16,17)(H,18,19). The van der Waals surface area contributed by atoms with E-state index in [1.807, 2.05) is 20.8 Å². The zero-order valence-corrected chi connectivity index (χ0v) is 14.5. The Morgan fingerprint density at radius 3 is 2.33 bits per heavy atom. The summed E-state index contributed by atoms with van der Waals surface area (Å²) in [7, 11) is -1.04. The van der Waals surface area contributed by atoms with Crippen LogP contribution in [0.15, 0.2) is 22.7 Å². The molecule has 1 unspecified atom stereocenters. The summed E-state index contributed by atoms with van der Waals surface area (Å²) in [4.78, 5) is 22.9. The van der Waals surface area contributed by atoms with Gasteiger partial charge >= 0.3 is 5.97 Å². The summed E-state index contributed by atoms with van der Waals surface area (Å²) in [5.41, 5.74) is 0.288. The molecule has 2 N–H and O–H groups in total. The SMILES string of the molecule is CC(C)(C)S(=O)CCNC(=O)c1cc(Br)cc(C(=O)O)c1. The molecule has 7 heteroatoms. The summed E-state index contributed by atoms with van der Waals surface area (Å²) in [6.07, 6.45) is 0. The predicted octanol–water partition coefficient (Wildman–Crippen LogP) is 2.42. The molecular formula is C14H18BrNO4S. The lowest BCUT2D eigenvalue weighted by molar-refractivity contribution is 0.0697. The number of aromatic carboxylic acids is 1. The fraction of sp³-hybridized carbons (Fsp3) is 0.429. The molecule has 0 aliphatic heterocycles. The monoisotopic (exact) mass is 375 g/mol. The van der Waals surface area contributed by atoms with Gasteiger partial charge in [0.15, 0.2) is 0 Å². The molecule has 21 heavy (non-hydrogen) atoms. The first-order valence-corrected chi connectivity index (χ1v) is 8.43. The van der Waals surface area contributed by atoms with E-state index in [0.717, 1.165) is 0 Å². The van der Waals surface area contributed by atoms with Crippen LogP contribution in [0.3, 0.4) is 0 Å². The molecule has 1 atom stereocenters. The molecule has 0 saturated carbocycles. The fourth-order valence-corrected chi connectivity index (χ4v) is 2.90. The third-order valence-corrected chi connectivity index (χ3v) is 5.06. The number of hydrogen-bond acceptors (Lipinski definition) is 3. The highest BCUT2D eigenvalue weighted by atomic mass is 79.9. The molecule has 0 fully saturated rings. The molecule has 1 rings (SSSR count). The highest BCUT2D eigenvalue weighted by Gasteiger charge is 2.19. The smallest absolute Gasteiger partial charge is 0.335 e. The summed E-state index contributed by atoms with van der Waals surface area (Å²) in [6, 6.07) is 4.28. The second-order valence-corrected chi connectivity index (χ2v) is 8.69. The van der Waals surface area contributed by atoms with Crippen LogP contribution in [0.25, 0.3) is 0 Å². The molecule has 1 amide bonds.